The van der Waals surface area contributed by atoms with Gasteiger partial charge in [-0.05, 0) is 48.2 Å². The molecular formula is C20H23ClN2O3S. The third-order valence-electron chi connectivity index (χ3n) is 4.84. The van der Waals surface area contributed by atoms with Crippen LogP contribution in [0.3, 0.4) is 0 Å². The van der Waals surface area contributed by atoms with Crippen LogP contribution >= 0.6 is 11.6 Å². The van der Waals surface area contributed by atoms with Crippen LogP contribution in [-0.4, -0.2) is 38.1 Å². The Labute approximate surface area is 165 Å². The molecule has 144 valence electrons. The number of hydrogen-bond donors (Lipinski definition) is 0. The van der Waals surface area contributed by atoms with E-state index in [0.29, 0.717) is 30.2 Å². The maximum atomic E-state index is 13.3. The summed E-state index contributed by atoms with van der Waals surface area (Å²) in [5.74, 6) is -0.174. The van der Waals surface area contributed by atoms with Crippen LogP contribution in [0.25, 0.3) is 0 Å². The highest BCUT2D eigenvalue weighted by molar-refractivity contribution is 7.92. The predicted octanol–water partition coefficient (Wildman–Crippen LogP) is 3.47. The SMILES string of the molecule is CC[C@@H](C(=O)N1CCc2ccccc2C1)N(c1ccc(Cl)cc1)S(C)(=O)=O. The van der Waals surface area contributed by atoms with Crippen LogP contribution < -0.4 is 4.31 Å². The van der Waals surface area contributed by atoms with Crippen LogP contribution in [0.5, 0.6) is 0 Å². The molecule has 0 spiro atoms. The van der Waals surface area contributed by atoms with Gasteiger partial charge >= 0.3 is 0 Å². The van der Waals surface area contributed by atoms with Gasteiger partial charge in [0.2, 0.25) is 15.9 Å². The molecule has 1 aliphatic rings. The van der Waals surface area contributed by atoms with Crippen molar-refractivity contribution >= 4 is 33.2 Å². The van der Waals surface area contributed by atoms with Crippen molar-refractivity contribution in [3.8, 4) is 0 Å². The van der Waals surface area contributed by atoms with E-state index in [4.69, 9.17) is 11.6 Å². The first-order valence-electron chi connectivity index (χ1n) is 8.91. The Hall–Kier alpha value is -2.05. The molecule has 0 aliphatic carbocycles. The van der Waals surface area contributed by atoms with E-state index >= 15 is 0 Å². The van der Waals surface area contributed by atoms with Gasteiger partial charge in [0.1, 0.15) is 6.04 Å². The summed E-state index contributed by atoms with van der Waals surface area (Å²) in [6, 6.07) is 13.8. The number of benzene rings is 2. The number of nitrogens with zero attached hydrogens (tertiary/aromatic N) is 2. The number of amides is 1. The fourth-order valence-corrected chi connectivity index (χ4v) is 4.86. The first kappa shape index (κ1) is 19.7. The maximum Gasteiger partial charge on any atom is 0.246 e. The number of hydrogen-bond acceptors (Lipinski definition) is 3. The van der Waals surface area contributed by atoms with Crippen molar-refractivity contribution in [2.24, 2.45) is 0 Å². The minimum absolute atomic E-state index is 0.174. The molecule has 0 fully saturated rings. The van der Waals surface area contributed by atoms with E-state index in [-0.39, 0.29) is 5.91 Å². The largest absolute Gasteiger partial charge is 0.336 e. The molecule has 1 aliphatic heterocycles. The summed E-state index contributed by atoms with van der Waals surface area (Å²) in [7, 11) is -3.64. The number of sulfonamides is 1. The molecule has 0 saturated heterocycles. The lowest BCUT2D eigenvalue weighted by molar-refractivity contribution is -0.133. The maximum absolute atomic E-state index is 13.3. The van der Waals surface area contributed by atoms with Crippen LogP contribution in [0.15, 0.2) is 48.5 Å². The zero-order valence-electron chi connectivity index (χ0n) is 15.4. The Bertz CT molecular complexity index is 928. The molecule has 5 nitrogen and oxygen atoms in total. The van der Waals surface area contributed by atoms with Gasteiger partial charge in [-0.2, -0.15) is 0 Å². The zero-order valence-corrected chi connectivity index (χ0v) is 17.0. The molecule has 0 N–H and O–H groups in total. The second kappa shape index (κ2) is 7.90. The van der Waals surface area contributed by atoms with Gasteiger partial charge in [0.05, 0.1) is 11.9 Å². The lowest BCUT2D eigenvalue weighted by atomic mass is 9.99. The van der Waals surface area contributed by atoms with E-state index in [9.17, 15) is 13.2 Å². The average Bonchev–Trinajstić information content (AvgIpc) is 2.65. The van der Waals surface area contributed by atoms with Crippen LogP contribution in [0.2, 0.25) is 5.02 Å². The van der Waals surface area contributed by atoms with Gasteiger partial charge in [-0.1, -0.05) is 42.8 Å². The smallest absolute Gasteiger partial charge is 0.246 e. The second-order valence-electron chi connectivity index (χ2n) is 6.74. The predicted molar refractivity (Wildman–Crippen MR) is 108 cm³/mol. The van der Waals surface area contributed by atoms with Crippen molar-refractivity contribution in [2.75, 3.05) is 17.1 Å². The van der Waals surface area contributed by atoms with Crippen molar-refractivity contribution in [1.82, 2.24) is 4.90 Å². The fraction of sp³-hybridized carbons (Fsp3) is 0.350. The number of carbonyl (C=O) groups is 1. The number of rotatable bonds is 5. The third-order valence-corrected chi connectivity index (χ3v) is 6.27. The number of anilines is 1. The van der Waals surface area contributed by atoms with Gasteiger partial charge in [0.25, 0.3) is 0 Å². The van der Waals surface area contributed by atoms with Crippen molar-refractivity contribution in [2.45, 2.75) is 32.4 Å². The molecule has 0 aromatic heterocycles. The summed E-state index contributed by atoms with van der Waals surface area (Å²) in [4.78, 5) is 15.0. The molecule has 27 heavy (non-hydrogen) atoms. The Kier molecular flexibility index (Phi) is 5.77. The van der Waals surface area contributed by atoms with Crippen molar-refractivity contribution < 1.29 is 13.2 Å². The number of carbonyl (C=O) groups excluding carboxylic acids is 1. The Morgan fingerprint density at radius 2 is 1.78 bits per heavy atom. The van der Waals surface area contributed by atoms with E-state index < -0.39 is 16.1 Å². The molecule has 1 amide bonds. The van der Waals surface area contributed by atoms with Crippen LogP contribution in [-0.2, 0) is 27.8 Å². The molecule has 0 radical (unpaired) electrons. The highest BCUT2D eigenvalue weighted by atomic mass is 35.5. The van der Waals surface area contributed by atoms with E-state index in [1.54, 1.807) is 29.2 Å². The molecule has 2 aromatic rings. The second-order valence-corrected chi connectivity index (χ2v) is 9.03. The highest BCUT2D eigenvalue weighted by Crippen LogP contribution is 2.27. The molecule has 2 aromatic carbocycles. The van der Waals surface area contributed by atoms with Crippen molar-refractivity contribution in [3.63, 3.8) is 0 Å². The van der Waals surface area contributed by atoms with Crippen LogP contribution in [0.1, 0.15) is 24.5 Å². The lowest BCUT2D eigenvalue weighted by Crippen LogP contribution is -2.51. The molecule has 0 unspecified atom stereocenters. The van der Waals surface area contributed by atoms with E-state index in [1.165, 1.54) is 9.87 Å². The van der Waals surface area contributed by atoms with Gasteiger partial charge in [-0.15, -0.1) is 0 Å². The van der Waals surface area contributed by atoms with E-state index in [0.717, 1.165) is 18.2 Å². The average molecular weight is 407 g/mol. The van der Waals surface area contributed by atoms with Crippen molar-refractivity contribution in [1.29, 1.82) is 0 Å². The van der Waals surface area contributed by atoms with E-state index in [2.05, 4.69) is 6.07 Å². The number of halogens is 1. The van der Waals surface area contributed by atoms with Gasteiger partial charge < -0.3 is 4.90 Å². The third kappa shape index (κ3) is 4.28. The van der Waals surface area contributed by atoms with Gasteiger partial charge in [-0.25, -0.2) is 8.42 Å². The Balaban J connectivity index is 1.91. The lowest BCUT2D eigenvalue weighted by Gasteiger charge is -2.36. The first-order valence-corrected chi connectivity index (χ1v) is 11.1. The van der Waals surface area contributed by atoms with Crippen LogP contribution in [0.4, 0.5) is 5.69 Å². The summed E-state index contributed by atoms with van der Waals surface area (Å²) in [6.45, 7) is 2.92. The monoisotopic (exact) mass is 406 g/mol. The van der Waals surface area contributed by atoms with Crippen molar-refractivity contribution in [3.05, 3.63) is 64.7 Å². The Morgan fingerprint density at radius 3 is 2.37 bits per heavy atom. The molecule has 1 heterocycles. The van der Waals surface area contributed by atoms with Gasteiger partial charge in [-0.3, -0.25) is 9.10 Å². The van der Waals surface area contributed by atoms with Crippen LogP contribution in [0, 0.1) is 0 Å². The summed E-state index contributed by atoms with van der Waals surface area (Å²) in [5.41, 5.74) is 2.80. The zero-order chi connectivity index (χ0) is 19.6. The molecular weight excluding hydrogens is 384 g/mol. The molecule has 0 bridgehead atoms. The Morgan fingerprint density at radius 1 is 1.15 bits per heavy atom. The fourth-order valence-electron chi connectivity index (χ4n) is 3.53. The summed E-state index contributed by atoms with van der Waals surface area (Å²) >= 11 is 5.93. The van der Waals surface area contributed by atoms with Gasteiger partial charge in [0, 0.05) is 18.1 Å². The minimum atomic E-state index is -3.64. The summed E-state index contributed by atoms with van der Waals surface area (Å²) < 4.78 is 26.3. The molecule has 7 heteroatoms. The minimum Gasteiger partial charge on any atom is -0.336 e. The normalized spacial score (nSPS) is 15.1. The number of fused-ring (bicyclic) bond motifs is 1. The van der Waals surface area contributed by atoms with Gasteiger partial charge in [0.15, 0.2) is 0 Å². The topological polar surface area (TPSA) is 57.7 Å². The summed E-state index contributed by atoms with van der Waals surface area (Å²) in [6.07, 6.45) is 2.29. The molecule has 1 atom stereocenters. The van der Waals surface area contributed by atoms with E-state index in [1.807, 2.05) is 25.1 Å². The standard InChI is InChI=1S/C20H23ClN2O3S/c1-3-19(23(27(2,25)26)18-10-8-17(21)9-11-18)20(24)22-13-12-15-6-4-5-7-16(15)14-22/h4-11,19H,3,12-14H2,1-2H3/t19-/m0/s1. The highest BCUT2D eigenvalue weighted by Gasteiger charge is 2.35. The quantitative estimate of drug-likeness (QED) is 0.763. The molecule has 3 rings (SSSR count). The first-order chi connectivity index (χ1) is 12.8. The summed E-state index contributed by atoms with van der Waals surface area (Å²) in [5, 5.41) is 0.513. The molecule has 0 saturated carbocycles.